The Balaban J connectivity index is 1.56. The third-order valence-corrected chi connectivity index (χ3v) is 6.02. The summed E-state index contributed by atoms with van der Waals surface area (Å²) >= 11 is 0. The highest BCUT2D eigenvalue weighted by atomic mass is 16.5. The minimum Gasteiger partial charge on any atom is -0.473 e. The molecule has 1 aliphatic carbocycles. The molecule has 3 heterocycles. The van der Waals surface area contributed by atoms with Crippen LogP contribution < -0.4 is 10.5 Å². The van der Waals surface area contributed by atoms with Gasteiger partial charge in [0.1, 0.15) is 11.6 Å². The second-order valence-corrected chi connectivity index (χ2v) is 8.19. The fourth-order valence-electron chi connectivity index (χ4n) is 4.31. The molecule has 1 fully saturated rings. The SMILES string of the molecule is C=C(C(N)=O)[C@@H]1CC[C@H](Oc2nc(-c3cnn(C)c3)cn3ncc(-c4ccccc4)c23)C1. The number of rotatable bonds is 6. The lowest BCUT2D eigenvalue weighted by molar-refractivity contribution is -0.115. The number of nitrogens with two attached hydrogens (primary N) is 1. The van der Waals surface area contributed by atoms with Crippen LogP contribution in [0.1, 0.15) is 19.3 Å². The first kappa shape index (κ1) is 20.0. The molecule has 5 rings (SSSR count). The van der Waals surface area contributed by atoms with E-state index >= 15 is 0 Å². The van der Waals surface area contributed by atoms with Gasteiger partial charge in [0, 0.05) is 29.9 Å². The Morgan fingerprint density at radius 3 is 2.66 bits per heavy atom. The molecule has 1 amide bonds. The van der Waals surface area contributed by atoms with Gasteiger partial charge in [-0.15, -0.1) is 0 Å². The molecule has 0 radical (unpaired) electrons. The Morgan fingerprint density at radius 2 is 1.94 bits per heavy atom. The van der Waals surface area contributed by atoms with E-state index in [2.05, 4.69) is 16.8 Å². The summed E-state index contributed by atoms with van der Waals surface area (Å²) in [5, 5.41) is 8.84. The summed E-state index contributed by atoms with van der Waals surface area (Å²) in [5.74, 6) is 0.100. The molecule has 0 aliphatic heterocycles. The van der Waals surface area contributed by atoms with E-state index in [1.165, 1.54) is 0 Å². The fraction of sp³-hybridized carbons (Fsp3) is 0.250. The monoisotopic (exact) mass is 428 g/mol. The van der Waals surface area contributed by atoms with Gasteiger partial charge in [-0.05, 0) is 30.7 Å². The Kier molecular flexibility index (Phi) is 4.97. The highest BCUT2D eigenvalue weighted by molar-refractivity contribution is 5.91. The molecule has 1 aromatic carbocycles. The molecule has 162 valence electrons. The van der Waals surface area contributed by atoms with Crippen LogP contribution in [-0.4, -0.2) is 36.4 Å². The molecule has 1 saturated carbocycles. The number of primary amides is 1. The maximum atomic E-state index is 11.5. The molecule has 0 saturated heterocycles. The van der Waals surface area contributed by atoms with Crippen molar-refractivity contribution >= 4 is 11.4 Å². The van der Waals surface area contributed by atoms with Crippen molar-refractivity contribution in [1.82, 2.24) is 24.4 Å². The number of carbonyl (C=O) groups is 1. The van der Waals surface area contributed by atoms with Gasteiger partial charge in [0.15, 0.2) is 0 Å². The van der Waals surface area contributed by atoms with Crippen molar-refractivity contribution in [2.75, 3.05) is 0 Å². The summed E-state index contributed by atoms with van der Waals surface area (Å²) in [4.78, 5) is 16.4. The van der Waals surface area contributed by atoms with Crippen LogP contribution in [0.15, 0.2) is 67.3 Å². The number of nitrogens with zero attached hydrogens (tertiary/aromatic N) is 5. The van der Waals surface area contributed by atoms with E-state index in [4.69, 9.17) is 15.5 Å². The van der Waals surface area contributed by atoms with E-state index in [9.17, 15) is 4.79 Å². The summed E-state index contributed by atoms with van der Waals surface area (Å²) in [5.41, 5.74) is 10.3. The lowest BCUT2D eigenvalue weighted by Crippen LogP contribution is -2.20. The van der Waals surface area contributed by atoms with Crippen molar-refractivity contribution < 1.29 is 9.53 Å². The average molecular weight is 428 g/mol. The second kappa shape index (κ2) is 7.96. The van der Waals surface area contributed by atoms with E-state index < -0.39 is 5.91 Å². The number of benzene rings is 1. The van der Waals surface area contributed by atoms with Crippen molar-refractivity contribution in [3.05, 3.63) is 67.3 Å². The number of hydrogen-bond acceptors (Lipinski definition) is 5. The highest BCUT2D eigenvalue weighted by Crippen LogP contribution is 2.37. The zero-order chi connectivity index (χ0) is 22.2. The summed E-state index contributed by atoms with van der Waals surface area (Å²) in [6.45, 7) is 3.86. The molecule has 4 aromatic rings. The summed E-state index contributed by atoms with van der Waals surface area (Å²) in [7, 11) is 1.87. The third-order valence-electron chi connectivity index (χ3n) is 6.02. The molecule has 1 aliphatic rings. The second-order valence-electron chi connectivity index (χ2n) is 8.19. The number of hydrogen-bond donors (Lipinski definition) is 1. The van der Waals surface area contributed by atoms with Crippen molar-refractivity contribution in [2.45, 2.75) is 25.4 Å². The minimum absolute atomic E-state index is 0.0357. The molecule has 0 unspecified atom stereocenters. The minimum atomic E-state index is -0.447. The Hall–Kier alpha value is -3.94. The predicted octanol–water partition coefficient (Wildman–Crippen LogP) is 3.39. The van der Waals surface area contributed by atoms with Gasteiger partial charge in [0.25, 0.3) is 0 Å². The normalized spacial score (nSPS) is 18.2. The molecule has 3 aromatic heterocycles. The fourth-order valence-corrected chi connectivity index (χ4v) is 4.31. The maximum absolute atomic E-state index is 11.5. The predicted molar refractivity (Wildman–Crippen MR) is 121 cm³/mol. The van der Waals surface area contributed by atoms with Crippen molar-refractivity contribution in [3.63, 3.8) is 0 Å². The smallest absolute Gasteiger partial charge is 0.244 e. The van der Waals surface area contributed by atoms with E-state index in [0.717, 1.165) is 40.7 Å². The highest BCUT2D eigenvalue weighted by Gasteiger charge is 2.31. The number of carbonyl (C=O) groups excluding carboxylic acids is 1. The van der Waals surface area contributed by atoms with Crippen LogP contribution in [0, 0.1) is 5.92 Å². The molecule has 2 N–H and O–H groups in total. The van der Waals surface area contributed by atoms with Crippen molar-refractivity contribution in [2.24, 2.45) is 18.7 Å². The number of fused-ring (bicyclic) bond motifs is 1. The van der Waals surface area contributed by atoms with Gasteiger partial charge in [-0.3, -0.25) is 9.48 Å². The molecular weight excluding hydrogens is 404 g/mol. The molecule has 8 heteroatoms. The molecule has 0 bridgehead atoms. The number of ether oxygens (including phenoxy) is 1. The quantitative estimate of drug-likeness (QED) is 0.475. The van der Waals surface area contributed by atoms with Gasteiger partial charge in [-0.25, -0.2) is 9.50 Å². The molecule has 2 atom stereocenters. The van der Waals surface area contributed by atoms with Crippen LogP contribution in [-0.2, 0) is 11.8 Å². The maximum Gasteiger partial charge on any atom is 0.244 e. The largest absolute Gasteiger partial charge is 0.473 e. The molecule has 8 nitrogen and oxygen atoms in total. The van der Waals surface area contributed by atoms with Crippen molar-refractivity contribution in [3.8, 4) is 28.3 Å². The van der Waals surface area contributed by atoms with Crippen LogP contribution in [0.25, 0.3) is 27.9 Å². The Morgan fingerprint density at radius 1 is 1.12 bits per heavy atom. The van der Waals surface area contributed by atoms with E-state index in [0.29, 0.717) is 17.9 Å². The Labute approximate surface area is 185 Å². The van der Waals surface area contributed by atoms with Crippen LogP contribution in [0.3, 0.4) is 0 Å². The number of amides is 1. The summed E-state index contributed by atoms with van der Waals surface area (Å²) < 4.78 is 9.99. The van der Waals surface area contributed by atoms with Crippen LogP contribution >= 0.6 is 0 Å². The van der Waals surface area contributed by atoms with Crippen LogP contribution in [0.5, 0.6) is 5.88 Å². The van der Waals surface area contributed by atoms with E-state index in [1.54, 1.807) is 10.9 Å². The summed E-state index contributed by atoms with van der Waals surface area (Å²) in [6, 6.07) is 10.0. The third kappa shape index (κ3) is 3.64. The van der Waals surface area contributed by atoms with E-state index in [1.807, 2.05) is 60.5 Å². The molecule has 32 heavy (non-hydrogen) atoms. The van der Waals surface area contributed by atoms with E-state index in [-0.39, 0.29) is 12.0 Å². The Bertz CT molecular complexity index is 1310. The van der Waals surface area contributed by atoms with Gasteiger partial charge in [0.2, 0.25) is 11.8 Å². The average Bonchev–Trinajstić information content (AvgIpc) is 3.53. The van der Waals surface area contributed by atoms with Gasteiger partial charge < -0.3 is 10.5 Å². The van der Waals surface area contributed by atoms with Gasteiger partial charge >= 0.3 is 0 Å². The standard InChI is InChI=1S/C24H24N6O2/c1-15(23(25)31)17-8-9-19(10-17)32-24-22-20(16-6-4-3-5-7-16)12-27-30(22)14-21(28-24)18-11-26-29(2)13-18/h3-7,11-14,17,19H,1,8-10H2,2H3,(H2,25,31)/t17-,19+/m1/s1. The van der Waals surface area contributed by atoms with Crippen LogP contribution in [0.2, 0.25) is 0 Å². The zero-order valence-electron chi connectivity index (χ0n) is 17.8. The molecule has 0 spiro atoms. The van der Waals surface area contributed by atoms with Gasteiger partial charge in [0.05, 0.1) is 24.3 Å². The lowest BCUT2D eigenvalue weighted by atomic mass is 9.98. The first-order valence-electron chi connectivity index (χ1n) is 10.6. The lowest BCUT2D eigenvalue weighted by Gasteiger charge is -2.16. The first-order valence-corrected chi connectivity index (χ1v) is 10.6. The van der Waals surface area contributed by atoms with Crippen LogP contribution in [0.4, 0.5) is 0 Å². The number of aromatic nitrogens is 5. The first-order chi connectivity index (χ1) is 15.5. The number of aryl methyl sites for hydroxylation is 1. The zero-order valence-corrected chi connectivity index (χ0v) is 17.8. The van der Waals surface area contributed by atoms with Crippen molar-refractivity contribution in [1.29, 1.82) is 0 Å². The molecular formula is C24H24N6O2. The van der Waals surface area contributed by atoms with Gasteiger partial charge in [-0.2, -0.15) is 10.2 Å². The van der Waals surface area contributed by atoms with Gasteiger partial charge in [-0.1, -0.05) is 36.9 Å². The summed E-state index contributed by atoms with van der Waals surface area (Å²) in [6.07, 6.45) is 9.60. The topological polar surface area (TPSA) is 100 Å².